The Kier molecular flexibility index (Phi) is 2.60. The molecule has 3 heterocycles. The van der Waals surface area contributed by atoms with Crippen LogP contribution in [0.3, 0.4) is 0 Å². The van der Waals surface area contributed by atoms with Crippen LogP contribution in [0.15, 0.2) is 18.5 Å². The highest BCUT2D eigenvalue weighted by molar-refractivity contribution is 5.43. The molecule has 1 aliphatic heterocycles. The number of H-pyrrole nitrogens is 1. The molecule has 0 saturated carbocycles. The minimum Gasteiger partial charge on any atom is -0.342 e. The predicted molar refractivity (Wildman–Crippen MR) is 64.3 cm³/mol. The van der Waals surface area contributed by atoms with E-state index >= 15 is 0 Å². The molecule has 0 radical (unpaired) electrons. The molecule has 0 spiro atoms. The van der Waals surface area contributed by atoms with Gasteiger partial charge in [0.1, 0.15) is 0 Å². The van der Waals surface area contributed by atoms with Crippen molar-refractivity contribution in [2.24, 2.45) is 0 Å². The number of aryl methyl sites for hydroxylation is 1. The van der Waals surface area contributed by atoms with Crippen molar-refractivity contribution in [3.05, 3.63) is 29.8 Å². The molecule has 3 rings (SSSR count). The summed E-state index contributed by atoms with van der Waals surface area (Å²) < 4.78 is 0. The molecule has 0 aliphatic carbocycles. The van der Waals surface area contributed by atoms with E-state index in [0.717, 1.165) is 30.2 Å². The molecule has 88 valence electrons. The van der Waals surface area contributed by atoms with E-state index in [-0.39, 0.29) is 0 Å². The van der Waals surface area contributed by atoms with Gasteiger partial charge >= 0.3 is 0 Å². The average molecular weight is 229 g/mol. The fourth-order valence-corrected chi connectivity index (χ4v) is 2.20. The third-order valence-electron chi connectivity index (χ3n) is 3.00. The fourth-order valence-electron chi connectivity index (χ4n) is 2.20. The molecule has 2 aromatic rings. The van der Waals surface area contributed by atoms with Gasteiger partial charge in [-0.3, -0.25) is 0 Å². The maximum atomic E-state index is 4.59. The normalized spacial score (nSPS) is 19.7. The smallest absolute Gasteiger partial charge is 0.196 e. The first-order valence-electron chi connectivity index (χ1n) is 5.91. The summed E-state index contributed by atoms with van der Waals surface area (Å²) in [7, 11) is 0. The monoisotopic (exact) mass is 229 g/mol. The third-order valence-corrected chi connectivity index (χ3v) is 3.00. The van der Waals surface area contributed by atoms with Gasteiger partial charge < -0.3 is 10.3 Å². The van der Waals surface area contributed by atoms with Crippen LogP contribution in [-0.4, -0.2) is 26.5 Å². The Labute approximate surface area is 99.7 Å². The molecule has 1 aliphatic rings. The number of nitrogens with zero attached hydrogens (tertiary/aromatic N) is 3. The lowest BCUT2D eigenvalue weighted by Gasteiger charge is -2.11. The zero-order valence-corrected chi connectivity index (χ0v) is 9.77. The summed E-state index contributed by atoms with van der Waals surface area (Å²) in [6, 6.07) is 2.42. The number of nitrogens with one attached hydrogen (secondary N) is 2. The van der Waals surface area contributed by atoms with Crippen LogP contribution in [0.1, 0.15) is 30.3 Å². The molecular formula is C12H15N5. The molecule has 1 saturated heterocycles. The van der Waals surface area contributed by atoms with Crippen LogP contribution in [0, 0.1) is 6.92 Å². The van der Waals surface area contributed by atoms with Crippen LogP contribution < -0.4 is 5.32 Å². The highest BCUT2D eigenvalue weighted by Crippen LogP contribution is 2.23. The second kappa shape index (κ2) is 4.25. The zero-order valence-electron chi connectivity index (χ0n) is 9.77. The van der Waals surface area contributed by atoms with Gasteiger partial charge in [0.2, 0.25) is 0 Å². The number of hydrogen-bond acceptors (Lipinski definition) is 4. The van der Waals surface area contributed by atoms with E-state index in [9.17, 15) is 0 Å². The van der Waals surface area contributed by atoms with Crippen molar-refractivity contribution in [1.29, 1.82) is 0 Å². The second-order valence-electron chi connectivity index (χ2n) is 4.34. The quantitative estimate of drug-likeness (QED) is 0.820. The fraction of sp³-hybridized carbons (Fsp3) is 0.417. The van der Waals surface area contributed by atoms with Crippen LogP contribution in [0.2, 0.25) is 0 Å². The topological polar surface area (TPSA) is 66.5 Å². The number of aromatic amines is 1. The van der Waals surface area contributed by atoms with Crippen LogP contribution in [0.4, 0.5) is 0 Å². The van der Waals surface area contributed by atoms with Gasteiger partial charge in [0.15, 0.2) is 11.6 Å². The van der Waals surface area contributed by atoms with Gasteiger partial charge in [0.25, 0.3) is 0 Å². The molecule has 2 N–H and O–H groups in total. The van der Waals surface area contributed by atoms with Crippen molar-refractivity contribution >= 4 is 0 Å². The Morgan fingerprint density at radius 1 is 1.35 bits per heavy atom. The lowest BCUT2D eigenvalue weighted by molar-refractivity contribution is 0.625. The average Bonchev–Trinajstić information content (AvgIpc) is 3.02. The molecule has 1 atom stereocenters. The highest BCUT2D eigenvalue weighted by Gasteiger charge is 2.19. The lowest BCUT2D eigenvalue weighted by Crippen LogP contribution is -2.15. The Bertz CT molecular complexity index is 500. The minimum atomic E-state index is 0.366. The SMILES string of the molecule is Cc1cc(C2CCCN2)nc(-c2ncc[nH]2)n1. The van der Waals surface area contributed by atoms with E-state index in [1.807, 2.05) is 6.92 Å². The van der Waals surface area contributed by atoms with Crippen LogP contribution >= 0.6 is 0 Å². The van der Waals surface area contributed by atoms with E-state index in [1.165, 1.54) is 6.42 Å². The van der Waals surface area contributed by atoms with Gasteiger partial charge in [-0.15, -0.1) is 0 Å². The van der Waals surface area contributed by atoms with Crippen molar-refractivity contribution < 1.29 is 0 Å². The Balaban J connectivity index is 2.00. The van der Waals surface area contributed by atoms with Gasteiger partial charge in [0.05, 0.1) is 5.69 Å². The number of hydrogen-bond donors (Lipinski definition) is 2. The summed E-state index contributed by atoms with van der Waals surface area (Å²) in [6.07, 6.45) is 5.86. The first-order chi connectivity index (χ1) is 8.33. The molecule has 2 aromatic heterocycles. The number of rotatable bonds is 2. The summed E-state index contributed by atoms with van der Waals surface area (Å²) in [5.41, 5.74) is 2.05. The Morgan fingerprint density at radius 3 is 3.00 bits per heavy atom. The summed E-state index contributed by atoms with van der Waals surface area (Å²) in [5, 5.41) is 3.45. The van der Waals surface area contributed by atoms with E-state index in [2.05, 4.69) is 31.3 Å². The molecule has 5 heteroatoms. The summed E-state index contributed by atoms with van der Waals surface area (Å²) >= 11 is 0. The molecule has 1 fully saturated rings. The summed E-state index contributed by atoms with van der Waals surface area (Å²) in [4.78, 5) is 16.2. The Hall–Kier alpha value is -1.75. The van der Waals surface area contributed by atoms with Crippen molar-refractivity contribution in [2.45, 2.75) is 25.8 Å². The lowest BCUT2D eigenvalue weighted by atomic mass is 10.1. The molecule has 1 unspecified atom stereocenters. The second-order valence-corrected chi connectivity index (χ2v) is 4.34. The molecule has 0 amide bonds. The van der Waals surface area contributed by atoms with Crippen LogP contribution in [0.5, 0.6) is 0 Å². The van der Waals surface area contributed by atoms with Gasteiger partial charge in [-0.25, -0.2) is 15.0 Å². The standard InChI is InChI=1S/C12H15N5/c1-8-7-10(9-3-2-4-13-9)17-12(16-8)11-14-5-6-15-11/h5-7,9,13H,2-4H2,1H3,(H,14,15). The largest absolute Gasteiger partial charge is 0.342 e. The number of aromatic nitrogens is 4. The van der Waals surface area contributed by atoms with Crippen molar-refractivity contribution in [2.75, 3.05) is 6.54 Å². The Morgan fingerprint density at radius 2 is 2.29 bits per heavy atom. The predicted octanol–water partition coefficient (Wildman–Crippen LogP) is 1.60. The van der Waals surface area contributed by atoms with Gasteiger partial charge in [0, 0.05) is 24.1 Å². The molecule has 17 heavy (non-hydrogen) atoms. The van der Waals surface area contributed by atoms with E-state index in [4.69, 9.17) is 0 Å². The van der Waals surface area contributed by atoms with E-state index in [0.29, 0.717) is 11.9 Å². The maximum Gasteiger partial charge on any atom is 0.196 e. The third kappa shape index (κ3) is 2.06. The first kappa shape index (κ1) is 10.4. The van der Waals surface area contributed by atoms with Gasteiger partial charge in [-0.2, -0.15) is 0 Å². The number of imidazole rings is 1. The van der Waals surface area contributed by atoms with Crippen LogP contribution in [0.25, 0.3) is 11.6 Å². The molecular weight excluding hydrogens is 214 g/mol. The molecule has 5 nitrogen and oxygen atoms in total. The zero-order chi connectivity index (χ0) is 11.7. The van der Waals surface area contributed by atoms with Gasteiger partial charge in [-0.1, -0.05) is 0 Å². The molecule has 0 aromatic carbocycles. The summed E-state index contributed by atoms with van der Waals surface area (Å²) in [6.45, 7) is 3.07. The summed E-state index contributed by atoms with van der Waals surface area (Å²) in [5.74, 6) is 1.41. The van der Waals surface area contributed by atoms with Crippen molar-refractivity contribution in [3.8, 4) is 11.6 Å². The minimum absolute atomic E-state index is 0.366. The first-order valence-corrected chi connectivity index (χ1v) is 5.91. The van der Waals surface area contributed by atoms with Crippen molar-refractivity contribution in [3.63, 3.8) is 0 Å². The van der Waals surface area contributed by atoms with Crippen LogP contribution in [-0.2, 0) is 0 Å². The molecule has 0 bridgehead atoms. The van der Waals surface area contributed by atoms with E-state index < -0.39 is 0 Å². The van der Waals surface area contributed by atoms with Gasteiger partial charge in [-0.05, 0) is 32.4 Å². The maximum absolute atomic E-state index is 4.59. The van der Waals surface area contributed by atoms with E-state index in [1.54, 1.807) is 12.4 Å². The highest BCUT2D eigenvalue weighted by atomic mass is 15.0. The van der Waals surface area contributed by atoms with Crippen molar-refractivity contribution in [1.82, 2.24) is 25.3 Å².